The lowest BCUT2D eigenvalue weighted by Gasteiger charge is -2.28. The molecule has 5 nitrogen and oxygen atoms in total. The topological polar surface area (TPSA) is 58.6 Å². The van der Waals surface area contributed by atoms with Gasteiger partial charge in [0.1, 0.15) is 5.75 Å². The van der Waals surface area contributed by atoms with Crippen molar-refractivity contribution in [3.05, 3.63) is 22.7 Å². The second kappa shape index (κ2) is 4.75. The van der Waals surface area contributed by atoms with E-state index >= 15 is 0 Å². The quantitative estimate of drug-likeness (QED) is 0.825. The second-order valence-corrected chi connectivity index (χ2v) is 4.50. The lowest BCUT2D eigenvalue weighted by Crippen LogP contribution is -2.51. The Bertz CT molecular complexity index is 460. The number of anilines is 1. The van der Waals surface area contributed by atoms with Crippen molar-refractivity contribution in [3.63, 3.8) is 0 Å². The van der Waals surface area contributed by atoms with Crippen molar-refractivity contribution in [2.24, 2.45) is 0 Å². The normalized spacial score (nSPS) is 15.8. The number of benzene rings is 1. The highest BCUT2D eigenvalue weighted by atomic mass is 79.9. The first-order valence-corrected chi connectivity index (χ1v) is 5.80. The van der Waals surface area contributed by atoms with E-state index in [0.717, 1.165) is 10.2 Å². The predicted molar refractivity (Wildman–Crippen MR) is 66.1 cm³/mol. The fraction of sp³-hybridized carbons (Fsp3) is 0.273. The van der Waals surface area contributed by atoms with E-state index in [9.17, 15) is 9.59 Å². The Hall–Kier alpha value is -1.56. The highest BCUT2D eigenvalue weighted by molar-refractivity contribution is 9.10. The molecule has 1 aromatic rings. The fourth-order valence-corrected chi connectivity index (χ4v) is 2.17. The highest BCUT2D eigenvalue weighted by Gasteiger charge is 2.24. The summed E-state index contributed by atoms with van der Waals surface area (Å²) in [4.78, 5) is 24.3. The molecule has 90 valence electrons. The van der Waals surface area contributed by atoms with E-state index in [1.807, 2.05) is 6.07 Å². The largest absolute Gasteiger partial charge is 0.497 e. The number of halogens is 1. The van der Waals surface area contributed by atoms with E-state index in [4.69, 9.17) is 4.74 Å². The number of ether oxygens (including phenoxy) is 1. The molecule has 2 amide bonds. The molecule has 0 atom stereocenters. The second-order valence-electron chi connectivity index (χ2n) is 3.64. The summed E-state index contributed by atoms with van der Waals surface area (Å²) in [6, 6.07) is 5.42. The maximum atomic E-state index is 11.3. The molecule has 2 rings (SSSR count). The highest BCUT2D eigenvalue weighted by Crippen LogP contribution is 2.30. The number of amides is 2. The van der Waals surface area contributed by atoms with Crippen LogP contribution in [0.5, 0.6) is 5.75 Å². The third kappa shape index (κ3) is 2.58. The third-order valence-corrected chi connectivity index (χ3v) is 3.11. The van der Waals surface area contributed by atoms with Gasteiger partial charge in [-0.05, 0) is 28.1 Å². The number of piperazine rings is 1. The molecule has 6 heteroatoms. The van der Waals surface area contributed by atoms with Gasteiger partial charge in [-0.15, -0.1) is 0 Å². The van der Waals surface area contributed by atoms with Crippen LogP contribution in [-0.2, 0) is 9.59 Å². The Balaban J connectivity index is 2.32. The molecular weight excluding hydrogens is 288 g/mol. The zero-order chi connectivity index (χ0) is 12.4. The first kappa shape index (κ1) is 11.9. The van der Waals surface area contributed by atoms with Crippen molar-refractivity contribution in [2.45, 2.75) is 0 Å². The zero-order valence-electron chi connectivity index (χ0n) is 9.20. The number of hydrogen-bond donors (Lipinski definition) is 1. The molecule has 0 saturated carbocycles. The Morgan fingerprint density at radius 1 is 1.29 bits per heavy atom. The number of rotatable bonds is 2. The van der Waals surface area contributed by atoms with Gasteiger partial charge in [0.2, 0.25) is 11.8 Å². The van der Waals surface area contributed by atoms with Crippen molar-refractivity contribution >= 4 is 33.4 Å². The van der Waals surface area contributed by atoms with Gasteiger partial charge in [0.05, 0.1) is 25.9 Å². The van der Waals surface area contributed by atoms with Crippen molar-refractivity contribution in [1.82, 2.24) is 5.32 Å². The molecule has 0 aliphatic carbocycles. The number of hydrogen-bond acceptors (Lipinski definition) is 4. The molecular formula is C11H11BrN2O3. The molecule has 0 radical (unpaired) electrons. The molecule has 1 aliphatic heterocycles. The molecule has 0 unspecified atom stereocenters. The maximum absolute atomic E-state index is 11.3. The number of nitrogens with one attached hydrogen (secondary N) is 1. The molecule has 0 aromatic heterocycles. The van der Waals surface area contributed by atoms with Crippen LogP contribution in [0.3, 0.4) is 0 Å². The van der Waals surface area contributed by atoms with Gasteiger partial charge in [0.25, 0.3) is 0 Å². The summed E-state index contributed by atoms with van der Waals surface area (Å²) >= 11 is 3.39. The number of carbonyl (C=O) groups is 2. The van der Waals surface area contributed by atoms with Gasteiger partial charge in [-0.3, -0.25) is 14.9 Å². The molecule has 1 saturated heterocycles. The van der Waals surface area contributed by atoms with Crippen molar-refractivity contribution in [2.75, 3.05) is 25.1 Å². The predicted octanol–water partition coefficient (Wildman–Crippen LogP) is 0.920. The van der Waals surface area contributed by atoms with E-state index in [2.05, 4.69) is 21.2 Å². The smallest absolute Gasteiger partial charge is 0.246 e. The van der Waals surface area contributed by atoms with E-state index in [-0.39, 0.29) is 24.9 Å². The minimum Gasteiger partial charge on any atom is -0.497 e. The molecule has 1 aromatic carbocycles. The number of imide groups is 1. The number of carbonyl (C=O) groups excluding carboxylic acids is 2. The Morgan fingerprint density at radius 3 is 2.53 bits per heavy atom. The monoisotopic (exact) mass is 298 g/mol. The van der Waals surface area contributed by atoms with Gasteiger partial charge in [-0.2, -0.15) is 0 Å². The van der Waals surface area contributed by atoms with E-state index in [1.165, 1.54) is 0 Å². The van der Waals surface area contributed by atoms with Crippen LogP contribution in [0.2, 0.25) is 0 Å². The number of nitrogens with zero attached hydrogens (tertiary/aromatic N) is 1. The van der Waals surface area contributed by atoms with Crippen LogP contribution in [0.1, 0.15) is 0 Å². The lowest BCUT2D eigenvalue weighted by molar-refractivity contribution is -0.130. The lowest BCUT2D eigenvalue weighted by atomic mass is 10.2. The molecule has 17 heavy (non-hydrogen) atoms. The first-order valence-electron chi connectivity index (χ1n) is 5.01. The fourth-order valence-electron chi connectivity index (χ4n) is 1.67. The van der Waals surface area contributed by atoms with Crippen LogP contribution in [0, 0.1) is 0 Å². The van der Waals surface area contributed by atoms with Crippen molar-refractivity contribution < 1.29 is 14.3 Å². The standard InChI is InChI=1S/C11H11BrN2O3/c1-17-7-2-3-8(12)9(4-7)14-5-10(15)13-11(16)6-14/h2-4H,5-6H2,1H3,(H,13,15,16). The Labute approximate surface area is 107 Å². The first-order chi connectivity index (χ1) is 8.10. The van der Waals surface area contributed by atoms with Gasteiger partial charge in [-0.1, -0.05) is 0 Å². The van der Waals surface area contributed by atoms with Crippen LogP contribution < -0.4 is 15.0 Å². The van der Waals surface area contributed by atoms with Crippen molar-refractivity contribution in [1.29, 1.82) is 0 Å². The van der Waals surface area contributed by atoms with E-state index in [1.54, 1.807) is 24.1 Å². The van der Waals surface area contributed by atoms with E-state index < -0.39 is 0 Å². The average Bonchev–Trinajstić information content (AvgIpc) is 2.28. The van der Waals surface area contributed by atoms with Gasteiger partial charge in [0.15, 0.2) is 0 Å². The van der Waals surface area contributed by atoms with Crippen molar-refractivity contribution in [3.8, 4) is 5.75 Å². The van der Waals surface area contributed by atoms with Crippen LogP contribution in [0.15, 0.2) is 22.7 Å². The van der Waals surface area contributed by atoms with Crippen LogP contribution in [0.25, 0.3) is 0 Å². The van der Waals surface area contributed by atoms with Crippen LogP contribution in [0.4, 0.5) is 5.69 Å². The molecule has 1 heterocycles. The summed E-state index contributed by atoms with van der Waals surface area (Å²) in [5.74, 6) is 0.0913. The minimum absolute atomic E-state index is 0.164. The average molecular weight is 299 g/mol. The van der Waals surface area contributed by atoms with Gasteiger partial charge in [0, 0.05) is 10.5 Å². The molecule has 1 N–H and O–H groups in total. The summed E-state index contributed by atoms with van der Waals surface area (Å²) in [6.45, 7) is 0.328. The van der Waals surface area contributed by atoms with Gasteiger partial charge >= 0.3 is 0 Å². The zero-order valence-corrected chi connectivity index (χ0v) is 10.8. The molecule has 1 fully saturated rings. The van der Waals surface area contributed by atoms with Crippen LogP contribution >= 0.6 is 15.9 Å². The molecule has 0 bridgehead atoms. The number of methoxy groups -OCH3 is 1. The third-order valence-electron chi connectivity index (χ3n) is 2.44. The summed E-state index contributed by atoms with van der Waals surface area (Å²) in [5, 5.41) is 2.26. The van der Waals surface area contributed by atoms with Crippen LogP contribution in [-0.4, -0.2) is 32.0 Å². The Kier molecular flexibility index (Phi) is 3.33. The van der Waals surface area contributed by atoms with E-state index in [0.29, 0.717) is 5.75 Å². The molecule has 1 aliphatic rings. The Morgan fingerprint density at radius 2 is 1.94 bits per heavy atom. The summed E-state index contributed by atoms with van der Waals surface area (Å²) in [6.07, 6.45) is 0. The summed E-state index contributed by atoms with van der Waals surface area (Å²) in [7, 11) is 1.57. The SMILES string of the molecule is COc1ccc(Br)c(N2CC(=O)NC(=O)C2)c1. The minimum atomic E-state index is -0.295. The summed E-state index contributed by atoms with van der Waals surface area (Å²) in [5.41, 5.74) is 0.771. The summed E-state index contributed by atoms with van der Waals surface area (Å²) < 4.78 is 5.94. The maximum Gasteiger partial charge on any atom is 0.246 e. The van der Waals surface area contributed by atoms with Gasteiger partial charge in [-0.25, -0.2) is 0 Å². The molecule has 0 spiro atoms. The van der Waals surface area contributed by atoms with Gasteiger partial charge < -0.3 is 9.64 Å².